The number of hydrogen-bond acceptors (Lipinski definition) is 0. The molecule has 0 fully saturated rings. The van der Waals surface area contributed by atoms with E-state index in [1.165, 1.54) is 47.2 Å². The average Bonchev–Trinajstić information content (AvgIpc) is 2.75. The van der Waals surface area contributed by atoms with E-state index >= 15 is 0 Å². The van der Waals surface area contributed by atoms with Crippen LogP contribution < -0.4 is 0 Å². The number of allylic oxidation sites excluding steroid dienone is 4. The predicted molar refractivity (Wildman–Crippen MR) is 123 cm³/mol. The minimum Gasteiger partial charge on any atom is -0.255 e. The van der Waals surface area contributed by atoms with Crippen LogP contribution in [0.15, 0.2) is 59.7 Å². The summed E-state index contributed by atoms with van der Waals surface area (Å²) < 4.78 is 11.8. The van der Waals surface area contributed by atoms with Crippen LogP contribution in [-0.2, 0) is 0 Å². The van der Waals surface area contributed by atoms with Crippen molar-refractivity contribution in [2.24, 2.45) is 0 Å². The van der Waals surface area contributed by atoms with Crippen LogP contribution in [0.1, 0.15) is 64.0 Å². The van der Waals surface area contributed by atoms with Crippen molar-refractivity contribution in [2.45, 2.75) is 52.9 Å². The Labute approximate surface area is 172 Å². The molecule has 4 rings (SSSR count). The number of nitrogens with zero attached hydrogens (tertiary/aromatic N) is 1. The first-order valence-electron chi connectivity index (χ1n) is 10.0. The van der Waals surface area contributed by atoms with Crippen LogP contribution in [0.5, 0.6) is 0 Å². The van der Waals surface area contributed by atoms with Gasteiger partial charge in [0.15, 0.2) is 6.54 Å². The summed E-state index contributed by atoms with van der Waals surface area (Å²) in [5.41, 5.74) is 6.90. The quantitative estimate of drug-likeness (QED) is 0.395. The lowest BCUT2D eigenvalue weighted by Gasteiger charge is -2.19. The van der Waals surface area contributed by atoms with Crippen LogP contribution in [0.3, 0.4) is 0 Å². The molecule has 2 bridgehead atoms. The lowest BCUT2D eigenvalue weighted by atomic mass is 9.86. The highest BCUT2D eigenvalue weighted by molar-refractivity contribution is 6.07. The van der Waals surface area contributed by atoms with E-state index in [1.54, 1.807) is 0 Å². The smallest absolute Gasteiger partial charge is 0.207 e. The number of hydrogen-bond donors (Lipinski definition) is 0. The van der Waals surface area contributed by atoms with E-state index in [2.05, 4.69) is 101 Å². The molecule has 1 nitrogen and oxygen atoms in total. The largest absolute Gasteiger partial charge is 0.255 e. The topological polar surface area (TPSA) is 3.01 Å². The number of halogens is 1. The molecule has 0 saturated heterocycles. The first-order chi connectivity index (χ1) is 13.6. The standard InChI is InChI=1S/C18H20N.C5H12.C2H2.CH3F/c1-13-8-9-15-10-11-18(19(3)12-15)17-7-5-4-6-16(17)14(13)2;1-3-5-4-2;2*1-2/h4-11,14H,12H2,1-3H3;3-5H2,1-2H3;1-2H;1H3/q+1;;;/b13-8-,15-9-;;;. The SMILES string of the molecule is C#C.C/C1=C/C=C2/C=CC(=[N+](C)C2)c2ccccc2C1C.CCCCC.CF. The Balaban J connectivity index is 0.000000698. The highest BCUT2D eigenvalue weighted by Crippen LogP contribution is 2.29. The lowest BCUT2D eigenvalue weighted by Crippen LogP contribution is -2.24. The third-order valence-electron chi connectivity index (χ3n) is 4.94. The molecule has 28 heavy (non-hydrogen) atoms. The van der Waals surface area contributed by atoms with Gasteiger partial charge in [0.2, 0.25) is 5.71 Å². The molecule has 0 spiro atoms. The van der Waals surface area contributed by atoms with Crippen LogP contribution in [0.25, 0.3) is 0 Å². The summed E-state index contributed by atoms with van der Waals surface area (Å²) >= 11 is 0. The number of fused-ring (bicyclic) bond motifs is 3. The Hall–Kier alpha value is -2.40. The molecule has 1 aromatic carbocycles. The monoisotopic (exact) mass is 382 g/mol. The normalized spacial score (nSPS) is 20.4. The van der Waals surface area contributed by atoms with Crippen molar-refractivity contribution < 1.29 is 8.97 Å². The molecular formula is C26H37FN+. The van der Waals surface area contributed by atoms with Gasteiger partial charge in [-0.05, 0) is 24.6 Å². The van der Waals surface area contributed by atoms with E-state index in [0.29, 0.717) is 13.1 Å². The molecule has 0 N–H and O–H groups in total. The Morgan fingerprint density at radius 3 is 2.18 bits per heavy atom. The summed E-state index contributed by atoms with van der Waals surface area (Å²) in [7, 11) is 2.67. The minimum absolute atomic E-state index is 0.460. The van der Waals surface area contributed by atoms with Crippen LogP contribution in [0.4, 0.5) is 4.39 Å². The molecule has 0 radical (unpaired) electrons. The van der Waals surface area contributed by atoms with Crippen molar-refractivity contribution in [2.75, 3.05) is 20.8 Å². The summed E-state index contributed by atoms with van der Waals surface area (Å²) in [6.07, 6.45) is 21.1. The van der Waals surface area contributed by atoms with Crippen molar-refractivity contribution in [1.82, 2.24) is 0 Å². The Bertz CT molecular complexity index is 730. The Morgan fingerprint density at radius 2 is 1.64 bits per heavy atom. The van der Waals surface area contributed by atoms with E-state index in [-0.39, 0.29) is 0 Å². The summed E-state index contributed by atoms with van der Waals surface area (Å²) in [5, 5.41) is 0. The Kier molecular flexibility index (Phi) is 13.4. The van der Waals surface area contributed by atoms with Crippen LogP contribution in [0, 0.1) is 12.8 Å². The fourth-order valence-electron chi connectivity index (χ4n) is 3.22. The number of rotatable bonds is 2. The third-order valence-corrected chi connectivity index (χ3v) is 4.94. The zero-order valence-corrected chi connectivity index (χ0v) is 18.5. The molecule has 3 aliphatic rings. The first-order valence-corrected chi connectivity index (χ1v) is 10.0. The van der Waals surface area contributed by atoms with Gasteiger partial charge in [0.25, 0.3) is 0 Å². The van der Waals surface area contributed by atoms with Gasteiger partial charge in [0, 0.05) is 23.1 Å². The molecular weight excluding hydrogens is 345 g/mol. The van der Waals surface area contributed by atoms with Crippen molar-refractivity contribution in [3.63, 3.8) is 0 Å². The van der Waals surface area contributed by atoms with Crippen molar-refractivity contribution >= 4 is 5.71 Å². The maximum absolute atomic E-state index is 9.50. The lowest BCUT2D eigenvalue weighted by molar-refractivity contribution is -0.487. The van der Waals surface area contributed by atoms with E-state index in [9.17, 15) is 4.39 Å². The first kappa shape index (κ1) is 25.6. The van der Waals surface area contributed by atoms with E-state index in [4.69, 9.17) is 0 Å². The van der Waals surface area contributed by atoms with Crippen LogP contribution in [-0.4, -0.2) is 31.1 Å². The number of benzene rings is 1. The van der Waals surface area contributed by atoms with Crippen LogP contribution in [0.2, 0.25) is 0 Å². The van der Waals surface area contributed by atoms with Crippen molar-refractivity contribution in [1.29, 1.82) is 0 Å². The fourth-order valence-corrected chi connectivity index (χ4v) is 3.22. The highest BCUT2D eigenvalue weighted by atomic mass is 19.1. The van der Waals surface area contributed by atoms with Gasteiger partial charge in [-0.1, -0.05) is 76.0 Å². The number of unbranched alkanes of at least 4 members (excludes halogenated alkanes) is 2. The molecule has 0 aromatic heterocycles. The second kappa shape index (κ2) is 14.6. The molecule has 1 unspecified atom stereocenters. The van der Waals surface area contributed by atoms with Gasteiger partial charge >= 0.3 is 0 Å². The van der Waals surface area contributed by atoms with E-state index < -0.39 is 0 Å². The summed E-state index contributed by atoms with van der Waals surface area (Å²) in [4.78, 5) is 0. The van der Waals surface area contributed by atoms with Crippen LogP contribution >= 0.6 is 0 Å². The molecule has 0 amide bonds. The molecule has 0 saturated carbocycles. The average molecular weight is 383 g/mol. The summed E-state index contributed by atoms with van der Waals surface area (Å²) in [5.74, 6) is 0.460. The minimum atomic E-state index is 0.460. The summed E-state index contributed by atoms with van der Waals surface area (Å²) in [6.45, 7) is 9.93. The molecule has 2 heteroatoms. The maximum Gasteiger partial charge on any atom is 0.207 e. The highest BCUT2D eigenvalue weighted by Gasteiger charge is 2.22. The van der Waals surface area contributed by atoms with Gasteiger partial charge in [-0.15, -0.1) is 12.8 Å². The third kappa shape index (κ3) is 7.31. The van der Waals surface area contributed by atoms with Gasteiger partial charge in [-0.3, -0.25) is 4.39 Å². The second-order valence-electron chi connectivity index (χ2n) is 6.89. The number of likely N-dealkylation sites (N-methyl/N-ethyl adjacent to an activating group) is 1. The summed E-state index contributed by atoms with van der Waals surface area (Å²) in [6, 6.07) is 8.78. The fraction of sp³-hybridized carbons (Fsp3) is 0.423. The molecule has 1 aliphatic carbocycles. The molecule has 152 valence electrons. The number of alkyl halides is 1. The zero-order chi connectivity index (χ0) is 21.5. The van der Waals surface area contributed by atoms with Crippen molar-refractivity contribution in [3.05, 3.63) is 70.8 Å². The predicted octanol–water partition coefficient (Wildman–Crippen LogP) is 6.71. The van der Waals surface area contributed by atoms with E-state index in [1.807, 2.05) is 0 Å². The Morgan fingerprint density at radius 1 is 1.04 bits per heavy atom. The second-order valence-corrected chi connectivity index (χ2v) is 6.89. The zero-order valence-electron chi connectivity index (χ0n) is 18.5. The maximum atomic E-state index is 9.50. The van der Waals surface area contributed by atoms with Gasteiger partial charge in [0.1, 0.15) is 7.05 Å². The van der Waals surface area contributed by atoms with E-state index in [0.717, 1.165) is 6.54 Å². The molecule has 2 heterocycles. The van der Waals surface area contributed by atoms with Gasteiger partial charge in [-0.25, -0.2) is 4.58 Å². The molecule has 1 atom stereocenters. The molecule has 2 aliphatic heterocycles. The molecule has 1 aromatic rings. The van der Waals surface area contributed by atoms with Gasteiger partial charge in [-0.2, -0.15) is 0 Å². The number of terminal acetylenes is 1. The van der Waals surface area contributed by atoms with Gasteiger partial charge < -0.3 is 0 Å². The van der Waals surface area contributed by atoms with Gasteiger partial charge in [0.05, 0.1) is 7.18 Å². The van der Waals surface area contributed by atoms with Crippen molar-refractivity contribution in [3.8, 4) is 12.8 Å².